The molecule has 3 nitrogen and oxygen atoms in total. The first-order valence-electron chi connectivity index (χ1n) is 23.6. The fraction of sp³-hybridized carbons (Fsp3) is 0.333. The molecule has 0 saturated carbocycles. The molecule has 0 saturated heterocycles. The van der Waals surface area contributed by atoms with E-state index in [2.05, 4.69) is 212 Å². The number of hydrogen-bond acceptors (Lipinski definition) is 4. The van der Waals surface area contributed by atoms with Gasteiger partial charge in [0.05, 0.1) is 22.6 Å². The molecule has 0 fully saturated rings. The predicted molar refractivity (Wildman–Crippen MR) is 285 cm³/mol. The van der Waals surface area contributed by atoms with Gasteiger partial charge < -0.3 is 14.2 Å². The molecule has 65 heavy (non-hydrogen) atoms. The molecule has 5 heteroatoms. The van der Waals surface area contributed by atoms with Crippen molar-refractivity contribution in [1.29, 1.82) is 0 Å². The van der Waals surface area contributed by atoms with E-state index in [1.165, 1.54) is 110 Å². The van der Waals surface area contributed by atoms with Crippen LogP contribution in [0.3, 0.4) is 0 Å². The minimum absolute atomic E-state index is 0.00262. The van der Waals surface area contributed by atoms with Gasteiger partial charge in [0.1, 0.15) is 5.58 Å². The van der Waals surface area contributed by atoms with Crippen LogP contribution in [0.1, 0.15) is 128 Å². The Bertz CT molecular complexity index is 3210. The van der Waals surface area contributed by atoms with E-state index >= 15 is 0 Å². The summed E-state index contributed by atoms with van der Waals surface area (Å²) in [5.41, 5.74) is 24.1. The summed E-state index contributed by atoms with van der Waals surface area (Å²) in [6, 6.07) is 37.9. The van der Waals surface area contributed by atoms with Crippen molar-refractivity contribution in [2.24, 2.45) is 0 Å². The zero-order valence-electron chi connectivity index (χ0n) is 41.6. The predicted octanol–water partition coefficient (Wildman–Crippen LogP) is 15.8. The van der Waals surface area contributed by atoms with E-state index in [0.29, 0.717) is 0 Å². The molecule has 0 N–H and O–H groups in total. The first-order chi connectivity index (χ1) is 30.4. The summed E-state index contributed by atoms with van der Waals surface area (Å²) in [6.07, 6.45) is 1.93. The lowest BCUT2D eigenvalue weighted by Crippen LogP contribution is -2.61. The van der Waals surface area contributed by atoms with Crippen LogP contribution in [0.5, 0.6) is 0 Å². The van der Waals surface area contributed by atoms with Crippen LogP contribution in [-0.4, -0.2) is 6.71 Å². The molecule has 2 aromatic heterocycles. The SMILES string of the molecule is Cc1cc(-c2coc3ccccc23)cc(C)c1N1c2ccc(C(C)(C)C)cc2B2c3c1cc(C(C)(C)C)cc3N(c1c(C)cc(C(C)(C)C)cc1C)c1sc3ccc(C(C)(C)C)cc3c12. The quantitative estimate of drug-likeness (QED) is 0.165. The normalized spacial score (nSPS) is 14.1. The molecule has 0 unspecified atom stereocenters. The van der Waals surface area contributed by atoms with E-state index in [4.69, 9.17) is 4.42 Å². The van der Waals surface area contributed by atoms with Crippen molar-refractivity contribution in [3.05, 3.63) is 148 Å². The lowest BCUT2D eigenvalue weighted by Gasteiger charge is -2.45. The minimum atomic E-state index is -0.118. The van der Waals surface area contributed by atoms with E-state index in [1.54, 1.807) is 0 Å². The van der Waals surface area contributed by atoms with Gasteiger partial charge in [-0.2, -0.15) is 0 Å². The van der Waals surface area contributed by atoms with E-state index in [9.17, 15) is 0 Å². The smallest absolute Gasteiger partial charge is 0.254 e. The highest BCUT2D eigenvalue weighted by atomic mass is 32.1. The van der Waals surface area contributed by atoms with Crippen molar-refractivity contribution in [1.82, 2.24) is 0 Å². The van der Waals surface area contributed by atoms with E-state index < -0.39 is 0 Å². The number of nitrogens with zero attached hydrogens (tertiary/aromatic N) is 2. The topological polar surface area (TPSA) is 19.6 Å². The Balaban J connectivity index is 1.35. The van der Waals surface area contributed by atoms with Crippen LogP contribution >= 0.6 is 11.3 Å². The van der Waals surface area contributed by atoms with E-state index in [0.717, 1.165) is 16.5 Å². The summed E-state index contributed by atoms with van der Waals surface area (Å²) >= 11 is 1.97. The van der Waals surface area contributed by atoms with Crippen LogP contribution in [0.2, 0.25) is 0 Å². The highest BCUT2D eigenvalue weighted by molar-refractivity contribution is 7.26. The molecular weight excluding hydrogens is 808 g/mol. The summed E-state index contributed by atoms with van der Waals surface area (Å²) < 4.78 is 7.44. The summed E-state index contributed by atoms with van der Waals surface area (Å²) in [4.78, 5) is 5.34. The largest absolute Gasteiger partial charge is 0.464 e. The third kappa shape index (κ3) is 6.90. The van der Waals surface area contributed by atoms with Gasteiger partial charge in [0.25, 0.3) is 6.71 Å². The first kappa shape index (κ1) is 43.4. The number of hydrogen-bond donors (Lipinski definition) is 0. The van der Waals surface area contributed by atoms with Gasteiger partial charge in [-0.05, 0) is 164 Å². The molecule has 6 aromatic carbocycles. The number of aryl methyl sites for hydroxylation is 4. The summed E-state index contributed by atoms with van der Waals surface area (Å²) in [5, 5.41) is 3.84. The fourth-order valence-electron chi connectivity index (χ4n) is 10.8. The summed E-state index contributed by atoms with van der Waals surface area (Å²) in [7, 11) is 0. The van der Waals surface area contributed by atoms with Gasteiger partial charge in [-0.3, -0.25) is 0 Å². The van der Waals surface area contributed by atoms with Crippen LogP contribution in [0, 0.1) is 27.7 Å². The van der Waals surface area contributed by atoms with Crippen molar-refractivity contribution in [3.63, 3.8) is 0 Å². The number of thiophene rings is 1. The van der Waals surface area contributed by atoms with E-state index in [-0.39, 0.29) is 28.4 Å². The Morgan fingerprint density at radius 1 is 0.477 bits per heavy atom. The average Bonchev–Trinajstić information content (AvgIpc) is 3.82. The molecule has 330 valence electrons. The van der Waals surface area contributed by atoms with Crippen LogP contribution < -0.4 is 26.2 Å². The Morgan fingerprint density at radius 2 is 1.00 bits per heavy atom. The van der Waals surface area contributed by atoms with E-state index in [1.807, 2.05) is 23.7 Å². The standard InChI is InChI=1S/C60H65BN2OS/c1-34-25-38(45-33-64-50-20-18-17-19-43(45)50)26-35(2)54(34)62-47-23-21-40(58(8,9)10)30-46(47)61-52-44-29-39(57(5,6)7)22-24-51(44)65-56(52)63(49-32-42(60(14,15)16)31-48(62)53(49)61)55-36(3)27-41(28-37(55)4)59(11,12)13/h17-33H,1-16H3. The van der Waals surface area contributed by atoms with Gasteiger partial charge in [0.15, 0.2) is 0 Å². The van der Waals surface area contributed by atoms with Crippen molar-refractivity contribution in [3.8, 4) is 11.1 Å². The van der Waals surface area contributed by atoms with Gasteiger partial charge in [-0.15, -0.1) is 11.3 Å². The Morgan fingerprint density at radius 3 is 1.62 bits per heavy atom. The molecule has 0 radical (unpaired) electrons. The number of benzene rings is 6. The number of para-hydroxylation sites is 1. The molecule has 4 heterocycles. The third-order valence-corrected chi connectivity index (χ3v) is 15.5. The number of anilines is 6. The lowest BCUT2D eigenvalue weighted by molar-refractivity contribution is 0.589. The highest BCUT2D eigenvalue weighted by Gasteiger charge is 2.47. The number of furan rings is 1. The molecule has 0 spiro atoms. The molecule has 0 atom stereocenters. The van der Waals surface area contributed by atoms with Crippen molar-refractivity contribution in [2.75, 3.05) is 9.80 Å². The van der Waals surface area contributed by atoms with Crippen LogP contribution in [0.25, 0.3) is 32.2 Å². The van der Waals surface area contributed by atoms with Crippen molar-refractivity contribution < 1.29 is 4.42 Å². The van der Waals surface area contributed by atoms with Gasteiger partial charge >= 0.3 is 0 Å². The van der Waals surface area contributed by atoms with Gasteiger partial charge in [0, 0.05) is 32.7 Å². The second kappa shape index (κ2) is 14.5. The minimum Gasteiger partial charge on any atom is -0.464 e. The average molecular weight is 873 g/mol. The zero-order valence-corrected chi connectivity index (χ0v) is 42.4. The monoisotopic (exact) mass is 872 g/mol. The molecule has 10 rings (SSSR count). The molecule has 2 aliphatic heterocycles. The Kier molecular flexibility index (Phi) is 9.67. The van der Waals surface area contributed by atoms with Gasteiger partial charge in [-0.1, -0.05) is 138 Å². The van der Waals surface area contributed by atoms with Crippen LogP contribution in [0.15, 0.2) is 108 Å². The number of rotatable bonds is 3. The first-order valence-corrected chi connectivity index (χ1v) is 24.4. The number of fused-ring (bicyclic) bond motifs is 7. The third-order valence-electron chi connectivity index (χ3n) is 14.4. The summed E-state index contributed by atoms with van der Waals surface area (Å²) in [5.74, 6) is 0. The Hall–Kier alpha value is -5.52. The molecule has 0 bridgehead atoms. The van der Waals surface area contributed by atoms with Gasteiger partial charge in [-0.25, -0.2) is 0 Å². The van der Waals surface area contributed by atoms with Crippen molar-refractivity contribution in [2.45, 2.75) is 132 Å². The zero-order chi connectivity index (χ0) is 46.4. The second-order valence-corrected chi connectivity index (χ2v) is 24.4. The van der Waals surface area contributed by atoms with Crippen LogP contribution in [0.4, 0.5) is 33.4 Å². The second-order valence-electron chi connectivity index (χ2n) is 23.4. The maximum atomic E-state index is 6.10. The maximum Gasteiger partial charge on any atom is 0.254 e. The van der Waals surface area contributed by atoms with Crippen LogP contribution in [-0.2, 0) is 21.7 Å². The fourth-order valence-corrected chi connectivity index (χ4v) is 12.0. The van der Waals surface area contributed by atoms with Gasteiger partial charge in [0.2, 0.25) is 0 Å². The highest BCUT2D eigenvalue weighted by Crippen LogP contribution is 2.52. The summed E-state index contributed by atoms with van der Waals surface area (Å²) in [6.45, 7) is 37.5. The maximum absolute atomic E-state index is 6.10. The lowest BCUT2D eigenvalue weighted by atomic mass is 9.33. The van der Waals surface area contributed by atoms with Crippen molar-refractivity contribution >= 4 is 88.9 Å². The molecule has 0 amide bonds. The molecule has 2 aliphatic rings. The molecule has 0 aliphatic carbocycles. The molecule has 8 aromatic rings. The Labute approximate surface area is 392 Å². The molecular formula is C60H65BN2OS.